The van der Waals surface area contributed by atoms with Crippen molar-refractivity contribution >= 4 is 17.7 Å². The first-order valence-corrected chi connectivity index (χ1v) is 7.11. The Hall–Kier alpha value is -1.65. The van der Waals surface area contributed by atoms with Crippen LogP contribution < -0.4 is 5.32 Å². The Balaban J connectivity index is 1.92. The van der Waals surface area contributed by atoms with Crippen molar-refractivity contribution in [2.24, 2.45) is 11.8 Å². The summed E-state index contributed by atoms with van der Waals surface area (Å²) in [5.74, 6) is -0.789. The summed E-state index contributed by atoms with van der Waals surface area (Å²) < 4.78 is 0. The maximum Gasteiger partial charge on any atom is 0.233 e. The first-order chi connectivity index (χ1) is 9.29. The lowest BCUT2D eigenvalue weighted by atomic mass is 9.85. The van der Waals surface area contributed by atoms with Gasteiger partial charge < -0.3 is 5.32 Å². The molecule has 110 valence electrons. The smallest absolute Gasteiger partial charge is 0.233 e. The van der Waals surface area contributed by atoms with Gasteiger partial charge in [0.05, 0.1) is 11.8 Å². The van der Waals surface area contributed by atoms with Gasteiger partial charge in [-0.2, -0.15) is 0 Å². The summed E-state index contributed by atoms with van der Waals surface area (Å²) >= 11 is 0. The van der Waals surface area contributed by atoms with E-state index >= 15 is 0 Å². The molecule has 5 heteroatoms. The molecular weight excluding hydrogens is 256 g/mol. The van der Waals surface area contributed by atoms with E-state index in [2.05, 4.69) is 5.32 Å². The van der Waals surface area contributed by atoms with E-state index in [4.69, 9.17) is 0 Å². The summed E-state index contributed by atoms with van der Waals surface area (Å²) in [6.07, 6.45) is 5.37. The molecule has 1 saturated heterocycles. The number of amides is 3. The average Bonchev–Trinajstić information content (AvgIpc) is 2.59. The van der Waals surface area contributed by atoms with Gasteiger partial charge in [0.1, 0.15) is 0 Å². The fourth-order valence-corrected chi connectivity index (χ4v) is 2.78. The Morgan fingerprint density at radius 2 is 1.70 bits per heavy atom. The third-order valence-corrected chi connectivity index (χ3v) is 3.68. The molecule has 2 rings (SSSR count). The summed E-state index contributed by atoms with van der Waals surface area (Å²) in [5, 5.41) is 2.83. The lowest BCUT2D eigenvalue weighted by Gasteiger charge is -2.21. The Morgan fingerprint density at radius 3 is 2.15 bits per heavy atom. The van der Waals surface area contributed by atoms with E-state index in [0.29, 0.717) is 12.8 Å². The number of hydrogen-bond acceptors (Lipinski definition) is 3. The molecule has 0 aromatic carbocycles. The van der Waals surface area contributed by atoms with E-state index in [1.807, 2.05) is 32.9 Å². The van der Waals surface area contributed by atoms with Crippen LogP contribution in [0.25, 0.3) is 0 Å². The molecule has 1 heterocycles. The van der Waals surface area contributed by atoms with Gasteiger partial charge in [-0.3, -0.25) is 19.3 Å². The van der Waals surface area contributed by atoms with Crippen molar-refractivity contribution in [1.29, 1.82) is 0 Å². The number of nitrogens with one attached hydrogen (secondary N) is 1. The summed E-state index contributed by atoms with van der Waals surface area (Å²) in [4.78, 5) is 37.4. The third kappa shape index (κ3) is 3.08. The standard InChI is InChI=1S/C15H22N2O3/c1-15(2,3)16-12(18)8-9-17-13(19)10-6-4-5-7-11(10)14(17)20/h4-5,10-11H,6-9H2,1-3H3,(H,16,18)/t10-,11-/m1/s1. The van der Waals surface area contributed by atoms with E-state index in [-0.39, 0.29) is 48.1 Å². The Kier molecular flexibility index (Phi) is 3.97. The highest BCUT2D eigenvalue weighted by atomic mass is 16.2. The van der Waals surface area contributed by atoms with Gasteiger partial charge in [0, 0.05) is 18.5 Å². The predicted molar refractivity (Wildman–Crippen MR) is 74.6 cm³/mol. The van der Waals surface area contributed by atoms with Crippen molar-refractivity contribution < 1.29 is 14.4 Å². The Morgan fingerprint density at radius 1 is 1.20 bits per heavy atom. The van der Waals surface area contributed by atoms with Crippen LogP contribution in [0.1, 0.15) is 40.0 Å². The first-order valence-electron chi connectivity index (χ1n) is 7.11. The van der Waals surface area contributed by atoms with E-state index < -0.39 is 0 Å². The minimum Gasteiger partial charge on any atom is -0.351 e. The van der Waals surface area contributed by atoms with Crippen LogP contribution in [-0.2, 0) is 14.4 Å². The molecule has 0 unspecified atom stereocenters. The number of hydrogen-bond donors (Lipinski definition) is 1. The molecule has 0 saturated carbocycles. The molecule has 5 nitrogen and oxygen atoms in total. The minimum atomic E-state index is -0.298. The lowest BCUT2D eigenvalue weighted by Crippen LogP contribution is -2.42. The van der Waals surface area contributed by atoms with Crippen molar-refractivity contribution in [1.82, 2.24) is 10.2 Å². The lowest BCUT2D eigenvalue weighted by molar-refractivity contribution is -0.140. The van der Waals surface area contributed by atoms with E-state index in [1.54, 1.807) is 0 Å². The molecule has 0 radical (unpaired) electrons. The molecular formula is C15H22N2O3. The maximum atomic E-state index is 12.2. The second-order valence-corrected chi connectivity index (χ2v) is 6.53. The van der Waals surface area contributed by atoms with Crippen LogP contribution in [0.3, 0.4) is 0 Å². The molecule has 1 aliphatic carbocycles. The summed E-state index contributed by atoms with van der Waals surface area (Å²) in [6, 6.07) is 0. The fourth-order valence-electron chi connectivity index (χ4n) is 2.78. The molecule has 1 aliphatic heterocycles. The van der Waals surface area contributed by atoms with Gasteiger partial charge in [0.15, 0.2) is 0 Å². The van der Waals surface area contributed by atoms with Gasteiger partial charge in [-0.1, -0.05) is 12.2 Å². The first kappa shape index (κ1) is 14.8. The van der Waals surface area contributed by atoms with E-state index in [1.165, 1.54) is 4.90 Å². The van der Waals surface area contributed by atoms with Crippen molar-refractivity contribution in [3.8, 4) is 0 Å². The van der Waals surface area contributed by atoms with Crippen molar-refractivity contribution in [2.75, 3.05) is 6.54 Å². The van der Waals surface area contributed by atoms with Crippen LogP contribution in [0.2, 0.25) is 0 Å². The second-order valence-electron chi connectivity index (χ2n) is 6.53. The third-order valence-electron chi connectivity index (χ3n) is 3.68. The molecule has 1 fully saturated rings. The molecule has 20 heavy (non-hydrogen) atoms. The monoisotopic (exact) mass is 278 g/mol. The molecule has 0 aromatic rings. The SMILES string of the molecule is CC(C)(C)NC(=O)CCN1C(=O)[C@@H]2CC=CC[C@H]2C1=O. The van der Waals surface area contributed by atoms with Crippen LogP contribution in [0.5, 0.6) is 0 Å². The summed E-state index contributed by atoms with van der Waals surface area (Å²) in [5.41, 5.74) is -0.298. The summed E-state index contributed by atoms with van der Waals surface area (Å²) in [7, 11) is 0. The number of likely N-dealkylation sites (tertiary alicyclic amines) is 1. The maximum absolute atomic E-state index is 12.2. The van der Waals surface area contributed by atoms with Crippen molar-refractivity contribution in [3.63, 3.8) is 0 Å². The number of allylic oxidation sites excluding steroid dienone is 2. The topological polar surface area (TPSA) is 66.5 Å². The normalized spacial score (nSPS) is 25.9. The van der Waals surface area contributed by atoms with Crippen molar-refractivity contribution in [3.05, 3.63) is 12.2 Å². The van der Waals surface area contributed by atoms with Gasteiger partial charge in [-0.05, 0) is 33.6 Å². The zero-order valence-electron chi connectivity index (χ0n) is 12.3. The molecule has 0 spiro atoms. The number of rotatable bonds is 3. The van der Waals surface area contributed by atoms with Gasteiger partial charge in [-0.25, -0.2) is 0 Å². The number of fused-ring (bicyclic) bond motifs is 1. The minimum absolute atomic E-state index is 0.118. The van der Waals surface area contributed by atoms with Crippen LogP contribution in [-0.4, -0.2) is 34.7 Å². The number of carbonyl (C=O) groups excluding carboxylic acids is 3. The summed E-state index contributed by atoms with van der Waals surface area (Å²) in [6.45, 7) is 5.89. The Bertz CT molecular complexity index is 436. The molecule has 0 aromatic heterocycles. The van der Waals surface area contributed by atoms with Gasteiger partial charge in [0.25, 0.3) is 0 Å². The predicted octanol–water partition coefficient (Wildman–Crippen LogP) is 1.24. The zero-order valence-corrected chi connectivity index (χ0v) is 12.3. The zero-order chi connectivity index (χ0) is 14.9. The van der Waals surface area contributed by atoms with Gasteiger partial charge >= 0.3 is 0 Å². The highest BCUT2D eigenvalue weighted by Crippen LogP contribution is 2.34. The Labute approximate surface area is 119 Å². The number of imide groups is 1. The van der Waals surface area contributed by atoms with Crippen LogP contribution in [0.15, 0.2) is 12.2 Å². The van der Waals surface area contributed by atoms with E-state index in [0.717, 1.165) is 0 Å². The largest absolute Gasteiger partial charge is 0.351 e. The molecule has 3 amide bonds. The van der Waals surface area contributed by atoms with Crippen LogP contribution >= 0.6 is 0 Å². The highest BCUT2D eigenvalue weighted by Gasteiger charge is 2.46. The quantitative estimate of drug-likeness (QED) is 0.624. The molecule has 2 atom stereocenters. The second kappa shape index (κ2) is 5.38. The average molecular weight is 278 g/mol. The molecule has 0 bridgehead atoms. The fraction of sp³-hybridized carbons (Fsp3) is 0.667. The van der Waals surface area contributed by atoms with Crippen LogP contribution in [0.4, 0.5) is 0 Å². The van der Waals surface area contributed by atoms with Gasteiger partial charge in [-0.15, -0.1) is 0 Å². The van der Waals surface area contributed by atoms with Crippen LogP contribution in [0, 0.1) is 11.8 Å². The molecule has 1 N–H and O–H groups in total. The molecule has 2 aliphatic rings. The number of carbonyl (C=O) groups is 3. The van der Waals surface area contributed by atoms with Gasteiger partial charge in [0.2, 0.25) is 17.7 Å². The van der Waals surface area contributed by atoms with Crippen molar-refractivity contribution in [2.45, 2.75) is 45.6 Å². The number of nitrogens with zero attached hydrogens (tertiary/aromatic N) is 1. The highest BCUT2D eigenvalue weighted by molar-refractivity contribution is 6.05. The van der Waals surface area contributed by atoms with E-state index in [9.17, 15) is 14.4 Å².